The van der Waals surface area contributed by atoms with Gasteiger partial charge in [-0.2, -0.15) is 5.10 Å². The third-order valence-electron chi connectivity index (χ3n) is 4.75. The van der Waals surface area contributed by atoms with Crippen molar-refractivity contribution in [1.82, 2.24) is 14.7 Å². The molecule has 2 aromatic carbocycles. The van der Waals surface area contributed by atoms with Crippen LogP contribution in [0.15, 0.2) is 60.7 Å². The summed E-state index contributed by atoms with van der Waals surface area (Å²) in [5.74, 6) is -2.01. The molecule has 1 unspecified atom stereocenters. The van der Waals surface area contributed by atoms with E-state index in [1.54, 1.807) is 42.5 Å². The van der Waals surface area contributed by atoms with E-state index >= 15 is 0 Å². The lowest BCUT2D eigenvalue weighted by Crippen LogP contribution is -2.43. The average molecular weight is 395 g/mol. The zero-order valence-corrected chi connectivity index (χ0v) is 15.4. The summed E-state index contributed by atoms with van der Waals surface area (Å²) in [7, 11) is 0. The van der Waals surface area contributed by atoms with Crippen LogP contribution >= 0.6 is 0 Å². The summed E-state index contributed by atoms with van der Waals surface area (Å²) in [6.45, 7) is 0.713. The van der Waals surface area contributed by atoms with Crippen LogP contribution in [0.5, 0.6) is 0 Å². The number of amides is 1. The number of ether oxygens (including phenoxy) is 1. The average Bonchev–Trinajstić information content (AvgIpc) is 3.20. The molecule has 1 aliphatic heterocycles. The lowest BCUT2D eigenvalue weighted by molar-refractivity contribution is -0.0245. The van der Waals surface area contributed by atoms with Gasteiger partial charge in [0.1, 0.15) is 17.6 Å². The highest BCUT2D eigenvalue weighted by Crippen LogP contribution is 2.26. The Labute approximate surface area is 165 Å². The highest BCUT2D eigenvalue weighted by Gasteiger charge is 2.30. The summed E-state index contributed by atoms with van der Waals surface area (Å²) in [4.78, 5) is 26.2. The molecule has 1 amide bonds. The van der Waals surface area contributed by atoms with Gasteiger partial charge in [0.15, 0.2) is 5.69 Å². The molecule has 1 fully saturated rings. The van der Waals surface area contributed by atoms with E-state index in [0.717, 1.165) is 0 Å². The zero-order chi connectivity index (χ0) is 20.4. The standard InChI is InChI=1S/C21H18FN3O4/c22-16-9-5-4-8-15(16)19-13-24(10-11-29-19)20(26)18-12-17(21(27)28)23-25(18)14-6-2-1-3-7-14/h1-9,12,19H,10-11,13H2,(H,27,28). The molecule has 0 aliphatic carbocycles. The first kappa shape index (κ1) is 18.8. The first-order valence-electron chi connectivity index (χ1n) is 9.08. The summed E-state index contributed by atoms with van der Waals surface area (Å²) in [5.41, 5.74) is 0.856. The Morgan fingerprint density at radius 1 is 1.10 bits per heavy atom. The molecule has 2 heterocycles. The van der Waals surface area contributed by atoms with E-state index in [2.05, 4.69) is 5.10 Å². The Morgan fingerprint density at radius 3 is 2.55 bits per heavy atom. The van der Waals surface area contributed by atoms with Crippen LogP contribution in [-0.4, -0.2) is 51.4 Å². The van der Waals surface area contributed by atoms with Gasteiger partial charge in [0.2, 0.25) is 0 Å². The number of nitrogens with zero attached hydrogens (tertiary/aromatic N) is 3. The van der Waals surface area contributed by atoms with E-state index in [1.807, 2.05) is 6.07 Å². The maximum absolute atomic E-state index is 14.1. The number of hydrogen-bond donors (Lipinski definition) is 1. The van der Waals surface area contributed by atoms with Gasteiger partial charge in [-0.1, -0.05) is 36.4 Å². The van der Waals surface area contributed by atoms with Crippen LogP contribution in [0.2, 0.25) is 0 Å². The number of halogens is 1. The number of aromatic nitrogens is 2. The number of carbonyl (C=O) groups is 2. The van der Waals surface area contributed by atoms with Crippen LogP contribution in [-0.2, 0) is 4.74 Å². The molecule has 3 aromatic rings. The molecule has 1 N–H and O–H groups in total. The van der Waals surface area contributed by atoms with E-state index in [9.17, 15) is 19.1 Å². The molecule has 1 aliphatic rings. The number of para-hydroxylation sites is 1. The van der Waals surface area contributed by atoms with E-state index < -0.39 is 23.8 Å². The summed E-state index contributed by atoms with van der Waals surface area (Å²) in [6.07, 6.45) is -0.596. The van der Waals surface area contributed by atoms with Gasteiger partial charge in [-0.05, 0) is 18.2 Å². The number of carboxylic acids is 1. The predicted octanol–water partition coefficient (Wildman–Crippen LogP) is 2.92. The Kier molecular flexibility index (Phi) is 5.09. The van der Waals surface area contributed by atoms with Gasteiger partial charge in [0.25, 0.3) is 5.91 Å². The van der Waals surface area contributed by atoms with Crippen molar-refractivity contribution < 1.29 is 23.8 Å². The summed E-state index contributed by atoms with van der Waals surface area (Å²) in [6, 6.07) is 16.4. The van der Waals surface area contributed by atoms with Gasteiger partial charge < -0.3 is 14.7 Å². The van der Waals surface area contributed by atoms with Gasteiger partial charge in [-0.3, -0.25) is 4.79 Å². The largest absolute Gasteiger partial charge is 0.476 e. The molecule has 29 heavy (non-hydrogen) atoms. The minimum atomic E-state index is -1.22. The van der Waals surface area contributed by atoms with E-state index in [0.29, 0.717) is 17.8 Å². The van der Waals surface area contributed by atoms with Gasteiger partial charge in [-0.15, -0.1) is 0 Å². The summed E-state index contributed by atoms with van der Waals surface area (Å²) in [5, 5.41) is 13.4. The molecule has 0 bridgehead atoms. The fourth-order valence-electron chi connectivity index (χ4n) is 3.32. The lowest BCUT2D eigenvalue weighted by atomic mass is 10.1. The van der Waals surface area contributed by atoms with Crippen LogP contribution in [0, 0.1) is 5.82 Å². The van der Waals surface area contributed by atoms with Gasteiger partial charge in [0, 0.05) is 18.2 Å². The highest BCUT2D eigenvalue weighted by molar-refractivity contribution is 5.96. The Hall–Kier alpha value is -3.52. The quantitative estimate of drug-likeness (QED) is 0.734. The van der Waals surface area contributed by atoms with Gasteiger partial charge >= 0.3 is 5.97 Å². The van der Waals surface area contributed by atoms with Crippen LogP contribution in [0.25, 0.3) is 5.69 Å². The Balaban J connectivity index is 1.65. The Morgan fingerprint density at radius 2 is 1.83 bits per heavy atom. The monoisotopic (exact) mass is 395 g/mol. The minimum Gasteiger partial charge on any atom is -0.476 e. The molecule has 0 radical (unpaired) electrons. The second kappa shape index (κ2) is 7.84. The molecule has 4 rings (SSSR count). The van der Waals surface area contributed by atoms with E-state index in [4.69, 9.17) is 4.74 Å². The molecule has 148 valence electrons. The van der Waals surface area contributed by atoms with E-state index in [1.165, 1.54) is 21.7 Å². The fraction of sp³-hybridized carbons (Fsp3) is 0.190. The summed E-state index contributed by atoms with van der Waals surface area (Å²) < 4.78 is 21.1. The molecular weight excluding hydrogens is 377 g/mol. The fourth-order valence-corrected chi connectivity index (χ4v) is 3.32. The second-order valence-electron chi connectivity index (χ2n) is 6.60. The predicted molar refractivity (Wildman–Crippen MR) is 102 cm³/mol. The summed E-state index contributed by atoms with van der Waals surface area (Å²) >= 11 is 0. The van der Waals surface area contributed by atoms with Crippen molar-refractivity contribution in [2.45, 2.75) is 6.10 Å². The van der Waals surface area contributed by atoms with Gasteiger partial charge in [0.05, 0.1) is 18.8 Å². The van der Waals surface area contributed by atoms with E-state index in [-0.39, 0.29) is 24.5 Å². The normalized spacial score (nSPS) is 16.6. The smallest absolute Gasteiger partial charge is 0.356 e. The number of carboxylic acid groups (broad SMARTS) is 1. The Bertz CT molecular complexity index is 1050. The molecule has 7 nitrogen and oxygen atoms in total. The van der Waals surface area contributed by atoms with Crippen molar-refractivity contribution in [3.8, 4) is 5.69 Å². The number of benzene rings is 2. The molecule has 0 spiro atoms. The molecule has 1 saturated heterocycles. The first-order chi connectivity index (χ1) is 14.0. The minimum absolute atomic E-state index is 0.128. The van der Waals surface area contributed by atoms with Crippen molar-refractivity contribution in [3.63, 3.8) is 0 Å². The van der Waals surface area contributed by atoms with Crippen molar-refractivity contribution in [1.29, 1.82) is 0 Å². The lowest BCUT2D eigenvalue weighted by Gasteiger charge is -2.33. The molecular formula is C21H18FN3O4. The second-order valence-corrected chi connectivity index (χ2v) is 6.60. The molecule has 1 atom stereocenters. The maximum Gasteiger partial charge on any atom is 0.356 e. The SMILES string of the molecule is O=C(O)c1cc(C(=O)N2CCOC(c3ccccc3F)C2)n(-c2ccccc2)n1. The van der Waals surface area contributed by atoms with Crippen LogP contribution in [0.3, 0.4) is 0 Å². The zero-order valence-electron chi connectivity index (χ0n) is 15.4. The number of morpholine rings is 1. The topological polar surface area (TPSA) is 84.7 Å². The van der Waals surface area contributed by atoms with Crippen molar-refractivity contribution in [2.75, 3.05) is 19.7 Å². The molecule has 8 heteroatoms. The van der Waals surface area contributed by atoms with Gasteiger partial charge in [-0.25, -0.2) is 13.9 Å². The molecule has 1 aromatic heterocycles. The highest BCUT2D eigenvalue weighted by atomic mass is 19.1. The van der Waals surface area contributed by atoms with Crippen molar-refractivity contribution >= 4 is 11.9 Å². The third kappa shape index (κ3) is 3.74. The third-order valence-corrected chi connectivity index (χ3v) is 4.75. The maximum atomic E-state index is 14.1. The van der Waals surface area contributed by atoms with Crippen molar-refractivity contribution in [3.05, 3.63) is 83.4 Å². The van der Waals surface area contributed by atoms with Crippen LogP contribution in [0.1, 0.15) is 32.6 Å². The van der Waals surface area contributed by atoms with Crippen molar-refractivity contribution in [2.24, 2.45) is 0 Å². The number of rotatable bonds is 4. The van der Waals surface area contributed by atoms with Crippen LogP contribution in [0.4, 0.5) is 4.39 Å². The number of aromatic carboxylic acids is 1. The number of carbonyl (C=O) groups excluding carboxylic acids is 1. The van der Waals surface area contributed by atoms with Crippen LogP contribution < -0.4 is 0 Å². The molecule has 0 saturated carbocycles. The first-order valence-corrected chi connectivity index (χ1v) is 9.08. The number of hydrogen-bond acceptors (Lipinski definition) is 4.